The third kappa shape index (κ3) is 10.7. The molecule has 0 aromatic rings. The minimum absolute atomic E-state index is 0.0166. The third-order valence-electron chi connectivity index (χ3n) is 1.27. The van der Waals surface area contributed by atoms with E-state index in [4.69, 9.17) is 0 Å². The van der Waals surface area contributed by atoms with Crippen molar-refractivity contribution in [2.75, 3.05) is 26.9 Å². The van der Waals surface area contributed by atoms with Crippen molar-refractivity contribution in [1.29, 1.82) is 0 Å². The van der Waals surface area contributed by atoms with Gasteiger partial charge in [-0.05, 0) is 0 Å². The highest BCUT2D eigenvalue weighted by atomic mass is 19.4. The van der Waals surface area contributed by atoms with E-state index in [0.29, 0.717) is 12.2 Å². The lowest BCUT2D eigenvalue weighted by molar-refractivity contribution is -0.182. The number of hydrogen-bond acceptors (Lipinski definition) is 5. The molecular weight excluding hydrogens is 245 g/mol. The fourth-order valence-electron chi connectivity index (χ4n) is 0.611. The Balaban J connectivity index is 3.83. The lowest BCUT2D eigenvalue weighted by Gasteiger charge is -2.05. The molecule has 0 radical (unpaired) electrons. The van der Waals surface area contributed by atoms with E-state index in [-0.39, 0.29) is 13.2 Å². The van der Waals surface area contributed by atoms with Crippen molar-refractivity contribution in [3.8, 4) is 0 Å². The van der Waals surface area contributed by atoms with E-state index < -0.39 is 24.7 Å². The highest BCUT2D eigenvalue weighted by molar-refractivity contribution is 5.91. The number of rotatable bonds is 6. The summed E-state index contributed by atoms with van der Waals surface area (Å²) in [5, 5.41) is 0. The van der Waals surface area contributed by atoms with Gasteiger partial charge in [0.25, 0.3) is 0 Å². The summed E-state index contributed by atoms with van der Waals surface area (Å²) in [5.74, 6) is -2.14. The summed E-state index contributed by atoms with van der Waals surface area (Å²) >= 11 is 0. The van der Waals surface area contributed by atoms with Crippen LogP contribution in [0.3, 0.4) is 0 Å². The Kier molecular flexibility index (Phi) is 6.95. The predicted molar refractivity (Wildman–Crippen MR) is 49.0 cm³/mol. The molecule has 0 saturated carbocycles. The summed E-state index contributed by atoms with van der Waals surface area (Å²) in [5.41, 5.74) is 0. The number of alkyl halides is 3. The van der Waals surface area contributed by atoms with Crippen LogP contribution in [0.4, 0.5) is 13.2 Å². The number of esters is 2. The van der Waals surface area contributed by atoms with Gasteiger partial charge in [0.05, 0.1) is 6.61 Å². The minimum Gasteiger partial charge on any atom is -0.460 e. The Hall–Kier alpha value is -1.57. The molecule has 0 aliphatic heterocycles. The van der Waals surface area contributed by atoms with Crippen LogP contribution in [-0.4, -0.2) is 45.0 Å². The first-order valence-electron chi connectivity index (χ1n) is 4.42. The van der Waals surface area contributed by atoms with Crippen LogP contribution in [0.15, 0.2) is 12.2 Å². The normalized spacial score (nSPS) is 11.5. The van der Waals surface area contributed by atoms with Crippen molar-refractivity contribution in [2.24, 2.45) is 0 Å². The van der Waals surface area contributed by atoms with E-state index in [0.717, 1.165) is 0 Å². The third-order valence-corrected chi connectivity index (χ3v) is 1.27. The van der Waals surface area contributed by atoms with Crippen molar-refractivity contribution in [3.05, 3.63) is 12.2 Å². The van der Waals surface area contributed by atoms with Gasteiger partial charge in [-0.2, -0.15) is 13.2 Å². The van der Waals surface area contributed by atoms with Crippen LogP contribution in [0.5, 0.6) is 0 Å². The van der Waals surface area contributed by atoms with Gasteiger partial charge in [-0.15, -0.1) is 0 Å². The van der Waals surface area contributed by atoms with Crippen molar-refractivity contribution in [3.63, 3.8) is 0 Å². The van der Waals surface area contributed by atoms with Crippen LogP contribution in [0, 0.1) is 0 Å². The Morgan fingerprint density at radius 3 is 2.06 bits per heavy atom. The molecule has 0 aromatic carbocycles. The average Bonchev–Trinajstić information content (AvgIpc) is 2.23. The molecule has 0 aliphatic rings. The first-order valence-corrected chi connectivity index (χ1v) is 4.42. The molecule has 5 nitrogen and oxygen atoms in total. The fourth-order valence-corrected chi connectivity index (χ4v) is 0.611. The van der Waals surface area contributed by atoms with Gasteiger partial charge in [-0.3, -0.25) is 0 Å². The number of carbonyl (C=O) groups is 2. The van der Waals surface area contributed by atoms with E-state index in [2.05, 4.69) is 14.2 Å². The van der Waals surface area contributed by atoms with Crippen LogP contribution in [-0.2, 0) is 23.8 Å². The van der Waals surface area contributed by atoms with E-state index in [9.17, 15) is 22.8 Å². The first-order chi connectivity index (χ1) is 7.85. The molecular formula is C9H11F3O5. The molecule has 0 amide bonds. The van der Waals surface area contributed by atoms with Crippen LogP contribution >= 0.6 is 0 Å². The second kappa shape index (κ2) is 7.66. The lowest BCUT2D eigenvalue weighted by Crippen LogP contribution is -2.19. The monoisotopic (exact) mass is 256 g/mol. The molecule has 0 bridgehead atoms. The molecule has 0 spiro atoms. The van der Waals surface area contributed by atoms with Gasteiger partial charge in [0.1, 0.15) is 6.61 Å². The number of methoxy groups -OCH3 is 1. The zero-order chi connectivity index (χ0) is 13.3. The van der Waals surface area contributed by atoms with Gasteiger partial charge in [-0.1, -0.05) is 0 Å². The van der Waals surface area contributed by atoms with Crippen molar-refractivity contribution < 1.29 is 37.0 Å². The van der Waals surface area contributed by atoms with Crippen molar-refractivity contribution >= 4 is 11.9 Å². The molecule has 17 heavy (non-hydrogen) atoms. The summed E-state index contributed by atoms with van der Waals surface area (Å²) in [6, 6.07) is 0. The van der Waals surface area contributed by atoms with Gasteiger partial charge in [-0.25, -0.2) is 9.59 Å². The van der Waals surface area contributed by atoms with Crippen molar-refractivity contribution in [1.82, 2.24) is 0 Å². The molecule has 8 heteroatoms. The molecule has 0 fully saturated rings. The van der Waals surface area contributed by atoms with E-state index >= 15 is 0 Å². The first kappa shape index (κ1) is 15.4. The topological polar surface area (TPSA) is 61.8 Å². The number of halogens is 3. The molecule has 0 aromatic heterocycles. The number of ether oxygens (including phenoxy) is 3. The zero-order valence-corrected chi connectivity index (χ0v) is 8.95. The van der Waals surface area contributed by atoms with E-state index in [1.807, 2.05) is 0 Å². The van der Waals surface area contributed by atoms with Gasteiger partial charge in [0, 0.05) is 19.3 Å². The largest absolute Gasteiger partial charge is 0.460 e. The summed E-state index contributed by atoms with van der Waals surface area (Å²) in [6.07, 6.45) is -3.36. The molecule has 0 aliphatic carbocycles. The summed E-state index contributed by atoms with van der Waals surface area (Å²) < 4.78 is 47.7. The molecule has 0 saturated heterocycles. The Labute approximate surface area is 95.1 Å². The highest BCUT2D eigenvalue weighted by Gasteiger charge is 2.29. The molecule has 0 atom stereocenters. The lowest BCUT2D eigenvalue weighted by atomic mass is 10.5. The Bertz CT molecular complexity index is 285. The molecule has 0 unspecified atom stereocenters. The van der Waals surface area contributed by atoms with Gasteiger partial charge in [0.15, 0.2) is 6.61 Å². The van der Waals surface area contributed by atoms with Crippen LogP contribution in [0.2, 0.25) is 0 Å². The smallest absolute Gasteiger partial charge is 0.422 e. The van der Waals surface area contributed by atoms with Crippen LogP contribution < -0.4 is 0 Å². The maximum Gasteiger partial charge on any atom is 0.422 e. The van der Waals surface area contributed by atoms with E-state index in [1.165, 1.54) is 7.11 Å². The zero-order valence-electron chi connectivity index (χ0n) is 8.95. The maximum atomic E-state index is 11.6. The second-order valence-corrected chi connectivity index (χ2v) is 2.72. The minimum atomic E-state index is -4.59. The second-order valence-electron chi connectivity index (χ2n) is 2.72. The van der Waals surface area contributed by atoms with Gasteiger partial charge < -0.3 is 14.2 Å². The number of carbonyl (C=O) groups excluding carboxylic acids is 2. The van der Waals surface area contributed by atoms with Crippen LogP contribution in [0.1, 0.15) is 0 Å². The number of hydrogen-bond donors (Lipinski definition) is 0. The molecule has 0 rings (SSSR count). The maximum absolute atomic E-state index is 11.6. The SMILES string of the molecule is COCCOC(=O)/C=C/C(=O)OCC(F)(F)F. The fraction of sp³-hybridized carbons (Fsp3) is 0.556. The predicted octanol–water partition coefficient (Wildman–Crippen LogP) is 0.838. The molecule has 0 heterocycles. The van der Waals surface area contributed by atoms with Crippen molar-refractivity contribution in [2.45, 2.75) is 6.18 Å². The van der Waals surface area contributed by atoms with E-state index in [1.54, 1.807) is 0 Å². The molecule has 98 valence electrons. The highest BCUT2D eigenvalue weighted by Crippen LogP contribution is 2.14. The molecule has 0 N–H and O–H groups in total. The quantitative estimate of drug-likeness (QED) is 0.400. The standard InChI is InChI=1S/C9H11F3O5/c1-15-4-5-16-7(13)2-3-8(14)17-6-9(10,11)12/h2-3H,4-6H2,1H3/b3-2+. The average molecular weight is 256 g/mol. The summed E-state index contributed by atoms with van der Waals surface area (Å²) in [7, 11) is 1.40. The Morgan fingerprint density at radius 2 is 1.59 bits per heavy atom. The summed E-state index contributed by atoms with van der Waals surface area (Å²) in [6.45, 7) is -1.54. The van der Waals surface area contributed by atoms with Crippen LogP contribution in [0.25, 0.3) is 0 Å². The van der Waals surface area contributed by atoms with Gasteiger partial charge in [0.2, 0.25) is 0 Å². The van der Waals surface area contributed by atoms with Gasteiger partial charge >= 0.3 is 18.1 Å². The Morgan fingerprint density at radius 1 is 1.06 bits per heavy atom. The summed E-state index contributed by atoms with van der Waals surface area (Å²) in [4.78, 5) is 21.5.